The van der Waals surface area contributed by atoms with Gasteiger partial charge in [0.25, 0.3) is 5.91 Å². The van der Waals surface area contributed by atoms with Gasteiger partial charge in [-0.2, -0.15) is 0 Å². The Morgan fingerprint density at radius 2 is 1.97 bits per heavy atom. The van der Waals surface area contributed by atoms with E-state index in [1.54, 1.807) is 27.5 Å². The summed E-state index contributed by atoms with van der Waals surface area (Å²) in [4.78, 5) is 14.5. The maximum atomic E-state index is 12.1. The number of carbonyl (C=O) groups excluding carboxylic acids is 1. The number of likely N-dealkylation sites (tertiary alicyclic amines) is 1. The monoisotopic (exact) mass is 417 g/mol. The van der Waals surface area contributed by atoms with Crippen LogP contribution in [-0.2, 0) is 11.3 Å². The summed E-state index contributed by atoms with van der Waals surface area (Å²) in [5.74, 6) is 1.50. The van der Waals surface area contributed by atoms with Gasteiger partial charge in [0, 0.05) is 44.4 Å². The van der Waals surface area contributed by atoms with Crippen molar-refractivity contribution in [2.75, 3.05) is 47.6 Å². The Hall–Kier alpha value is -2.65. The molecule has 3 rings (SSSR count). The fourth-order valence-electron chi connectivity index (χ4n) is 3.86. The predicted molar refractivity (Wildman–Crippen MR) is 112 cm³/mol. The molecule has 0 unspecified atom stereocenters. The maximum absolute atomic E-state index is 12.1. The van der Waals surface area contributed by atoms with Gasteiger partial charge in [-0.1, -0.05) is 11.3 Å². The Kier molecular flexibility index (Phi) is 7.64. The van der Waals surface area contributed by atoms with Crippen LogP contribution < -0.4 is 14.8 Å². The lowest BCUT2D eigenvalue weighted by Gasteiger charge is -2.32. The van der Waals surface area contributed by atoms with Crippen molar-refractivity contribution < 1.29 is 19.0 Å². The van der Waals surface area contributed by atoms with Crippen molar-refractivity contribution in [3.05, 3.63) is 35.2 Å². The van der Waals surface area contributed by atoms with Crippen LogP contribution in [0.1, 0.15) is 40.5 Å². The molecule has 2 aromatic rings. The molecular weight excluding hydrogens is 386 g/mol. The van der Waals surface area contributed by atoms with Crippen molar-refractivity contribution in [3.8, 4) is 11.5 Å². The number of amides is 1. The molecule has 1 aromatic carbocycles. The molecule has 164 valence electrons. The molecule has 0 saturated carbocycles. The normalized spacial score (nSPS) is 15.2. The van der Waals surface area contributed by atoms with Gasteiger partial charge in [-0.15, -0.1) is 5.10 Å². The average molecular weight is 418 g/mol. The van der Waals surface area contributed by atoms with E-state index in [1.807, 2.05) is 17.7 Å². The average Bonchev–Trinajstić information content (AvgIpc) is 3.25. The first-order valence-electron chi connectivity index (χ1n) is 10.2. The molecule has 1 amide bonds. The lowest BCUT2D eigenvalue weighted by atomic mass is 10.0. The highest BCUT2D eigenvalue weighted by atomic mass is 16.5. The first kappa shape index (κ1) is 22.0. The van der Waals surface area contributed by atoms with Crippen LogP contribution in [0, 0.1) is 6.92 Å². The number of methoxy groups -OCH3 is 3. The van der Waals surface area contributed by atoms with Gasteiger partial charge in [-0.05, 0) is 25.8 Å². The third-order valence-electron chi connectivity index (χ3n) is 5.52. The topological polar surface area (TPSA) is 90.7 Å². The fourth-order valence-corrected chi connectivity index (χ4v) is 3.86. The fraction of sp³-hybridized carbons (Fsp3) is 0.571. The predicted octanol–water partition coefficient (Wildman–Crippen LogP) is 1.82. The number of hydrogen-bond donors (Lipinski definition) is 1. The molecule has 1 aliphatic rings. The van der Waals surface area contributed by atoms with Crippen molar-refractivity contribution in [1.29, 1.82) is 0 Å². The highest BCUT2D eigenvalue weighted by Gasteiger charge is 2.24. The summed E-state index contributed by atoms with van der Waals surface area (Å²) in [6.45, 7) is 5.64. The summed E-state index contributed by atoms with van der Waals surface area (Å²) in [7, 11) is 4.97. The van der Waals surface area contributed by atoms with E-state index in [0.29, 0.717) is 18.8 Å². The summed E-state index contributed by atoms with van der Waals surface area (Å²) >= 11 is 0. The van der Waals surface area contributed by atoms with Gasteiger partial charge in [0.2, 0.25) is 0 Å². The standard InChI is InChI=1S/C21H31N5O4/c1-15-19(29-3)6-5-16(20(15)30-4)13-25-10-7-17(8-11-25)26-14-18(23-24-26)21(27)22-9-12-28-2/h5-6,14,17H,7-13H2,1-4H3,(H,22,27). The molecule has 1 N–H and O–H groups in total. The highest BCUT2D eigenvalue weighted by Crippen LogP contribution is 2.33. The zero-order valence-electron chi connectivity index (χ0n) is 18.2. The molecule has 1 aromatic heterocycles. The molecular formula is C21H31N5O4. The van der Waals surface area contributed by atoms with E-state index in [4.69, 9.17) is 14.2 Å². The second-order valence-electron chi connectivity index (χ2n) is 7.43. The summed E-state index contributed by atoms with van der Waals surface area (Å²) in [6.07, 6.45) is 3.63. The second-order valence-corrected chi connectivity index (χ2v) is 7.43. The van der Waals surface area contributed by atoms with Crippen molar-refractivity contribution >= 4 is 5.91 Å². The van der Waals surface area contributed by atoms with Gasteiger partial charge >= 0.3 is 0 Å². The summed E-state index contributed by atoms with van der Waals surface area (Å²) in [5.41, 5.74) is 2.52. The minimum Gasteiger partial charge on any atom is -0.496 e. The smallest absolute Gasteiger partial charge is 0.273 e. The van der Waals surface area contributed by atoms with Crippen LogP contribution in [0.15, 0.2) is 18.3 Å². The van der Waals surface area contributed by atoms with E-state index in [-0.39, 0.29) is 11.9 Å². The number of aromatic nitrogens is 3. The van der Waals surface area contributed by atoms with E-state index in [1.165, 1.54) is 0 Å². The van der Waals surface area contributed by atoms with Gasteiger partial charge in [0.15, 0.2) is 5.69 Å². The number of nitrogens with one attached hydrogen (secondary N) is 1. The molecule has 1 aliphatic heterocycles. The molecule has 0 radical (unpaired) electrons. The third-order valence-corrected chi connectivity index (χ3v) is 5.52. The Morgan fingerprint density at radius 1 is 1.20 bits per heavy atom. The van der Waals surface area contributed by atoms with E-state index >= 15 is 0 Å². The first-order chi connectivity index (χ1) is 14.6. The largest absolute Gasteiger partial charge is 0.496 e. The molecule has 1 fully saturated rings. The maximum Gasteiger partial charge on any atom is 0.273 e. The van der Waals surface area contributed by atoms with Gasteiger partial charge in [-0.3, -0.25) is 9.69 Å². The van der Waals surface area contributed by atoms with Crippen molar-refractivity contribution in [1.82, 2.24) is 25.2 Å². The number of rotatable bonds is 9. The number of hydrogen-bond acceptors (Lipinski definition) is 7. The van der Waals surface area contributed by atoms with Gasteiger partial charge in [0.05, 0.1) is 33.1 Å². The van der Waals surface area contributed by atoms with E-state index < -0.39 is 0 Å². The highest BCUT2D eigenvalue weighted by molar-refractivity contribution is 5.91. The van der Waals surface area contributed by atoms with Gasteiger partial charge in [-0.25, -0.2) is 4.68 Å². The Morgan fingerprint density at radius 3 is 2.63 bits per heavy atom. The molecule has 0 aliphatic carbocycles. The molecule has 0 atom stereocenters. The molecule has 9 nitrogen and oxygen atoms in total. The Labute approximate surface area is 177 Å². The summed E-state index contributed by atoms with van der Waals surface area (Å²) < 4.78 is 17.8. The molecule has 2 heterocycles. The van der Waals surface area contributed by atoms with Crippen LogP contribution in [0.4, 0.5) is 0 Å². The molecule has 0 spiro atoms. The van der Waals surface area contributed by atoms with Crippen LogP contribution in [0.25, 0.3) is 0 Å². The van der Waals surface area contributed by atoms with Crippen LogP contribution in [0.3, 0.4) is 0 Å². The lowest BCUT2D eigenvalue weighted by molar-refractivity contribution is 0.0932. The number of carbonyl (C=O) groups is 1. The Balaban J connectivity index is 1.56. The molecule has 30 heavy (non-hydrogen) atoms. The van der Waals surface area contributed by atoms with E-state index in [9.17, 15) is 4.79 Å². The van der Waals surface area contributed by atoms with Crippen LogP contribution in [0.5, 0.6) is 11.5 Å². The quantitative estimate of drug-likeness (QED) is 0.622. The van der Waals surface area contributed by atoms with Gasteiger partial charge < -0.3 is 19.5 Å². The third kappa shape index (κ3) is 5.09. The Bertz CT molecular complexity index is 846. The lowest BCUT2D eigenvalue weighted by Crippen LogP contribution is -2.34. The van der Waals surface area contributed by atoms with Crippen LogP contribution >= 0.6 is 0 Å². The number of ether oxygens (including phenoxy) is 3. The number of piperidine rings is 1. The minimum absolute atomic E-state index is 0.224. The van der Waals surface area contributed by atoms with Crippen molar-refractivity contribution in [2.45, 2.75) is 32.4 Å². The SMILES string of the molecule is COCCNC(=O)c1cn(C2CCN(Cc3ccc(OC)c(C)c3OC)CC2)nn1. The summed E-state index contributed by atoms with van der Waals surface area (Å²) in [6, 6.07) is 4.31. The van der Waals surface area contributed by atoms with E-state index in [0.717, 1.165) is 55.1 Å². The van der Waals surface area contributed by atoms with Crippen LogP contribution in [0.2, 0.25) is 0 Å². The molecule has 1 saturated heterocycles. The zero-order valence-corrected chi connectivity index (χ0v) is 18.2. The minimum atomic E-state index is -0.224. The summed E-state index contributed by atoms with van der Waals surface area (Å²) in [5, 5.41) is 11.0. The second kappa shape index (κ2) is 10.4. The van der Waals surface area contributed by atoms with Crippen molar-refractivity contribution in [3.63, 3.8) is 0 Å². The molecule has 0 bridgehead atoms. The van der Waals surface area contributed by atoms with Gasteiger partial charge in [0.1, 0.15) is 11.5 Å². The number of nitrogens with zero attached hydrogens (tertiary/aromatic N) is 4. The van der Waals surface area contributed by atoms with Crippen molar-refractivity contribution in [2.24, 2.45) is 0 Å². The number of benzene rings is 1. The van der Waals surface area contributed by atoms with E-state index in [2.05, 4.69) is 26.6 Å². The molecule has 9 heteroatoms. The first-order valence-corrected chi connectivity index (χ1v) is 10.2. The zero-order chi connectivity index (χ0) is 21.5. The van der Waals surface area contributed by atoms with Crippen LogP contribution in [-0.4, -0.2) is 73.4 Å².